The summed E-state index contributed by atoms with van der Waals surface area (Å²) in [5, 5.41) is 11.0. The second-order valence-electron chi connectivity index (χ2n) is 7.93. The minimum absolute atomic E-state index is 0.362. The number of rotatable bonds is 10. The molecule has 3 aromatic rings. The molecule has 0 aliphatic heterocycles. The molecule has 1 amide bonds. The quantitative estimate of drug-likeness (QED) is 0.307. The van der Waals surface area contributed by atoms with E-state index < -0.39 is 6.09 Å². The van der Waals surface area contributed by atoms with Gasteiger partial charge in [0.15, 0.2) is 0 Å². The van der Waals surface area contributed by atoms with E-state index in [1.807, 2.05) is 18.2 Å². The Labute approximate surface area is 194 Å². The largest absolute Gasteiger partial charge is 0.494 e. The molecule has 0 heterocycles. The Hall–Kier alpha value is -3.80. The van der Waals surface area contributed by atoms with Crippen molar-refractivity contribution in [3.8, 4) is 22.6 Å². The van der Waals surface area contributed by atoms with Gasteiger partial charge in [-0.3, -0.25) is 4.79 Å². The third-order valence-corrected chi connectivity index (χ3v) is 5.50. The average molecular weight is 448 g/mol. The normalized spacial score (nSPS) is 10.5. The Morgan fingerprint density at radius 1 is 0.970 bits per heavy atom. The molecule has 6 nitrogen and oxygen atoms in total. The van der Waals surface area contributed by atoms with Crippen LogP contribution in [-0.2, 0) is 6.61 Å². The summed E-state index contributed by atoms with van der Waals surface area (Å²) in [6.07, 6.45) is 0.394. The second kappa shape index (κ2) is 11.2. The van der Waals surface area contributed by atoms with E-state index >= 15 is 0 Å². The van der Waals surface area contributed by atoms with Crippen molar-refractivity contribution >= 4 is 12.4 Å². The van der Waals surface area contributed by atoms with Crippen LogP contribution < -0.4 is 14.8 Å². The fraction of sp³-hybridized carbons (Fsp3) is 0.259. The Kier molecular flexibility index (Phi) is 8.08. The molecule has 0 saturated carbocycles. The number of hydrogen-bond donors (Lipinski definition) is 2. The van der Waals surface area contributed by atoms with Crippen molar-refractivity contribution in [1.82, 2.24) is 5.32 Å². The number of amides is 1. The van der Waals surface area contributed by atoms with Crippen LogP contribution in [0.3, 0.4) is 0 Å². The number of carbonyl (C=O) groups excluding carboxylic acids is 1. The lowest BCUT2D eigenvalue weighted by Gasteiger charge is -2.18. The molecule has 0 fully saturated rings. The van der Waals surface area contributed by atoms with E-state index in [0.29, 0.717) is 31.7 Å². The molecule has 0 spiro atoms. The third kappa shape index (κ3) is 6.35. The van der Waals surface area contributed by atoms with Crippen LogP contribution in [0, 0.1) is 20.8 Å². The number of nitrogens with one attached hydrogen (secondary N) is 1. The van der Waals surface area contributed by atoms with Crippen molar-refractivity contribution in [1.29, 1.82) is 0 Å². The predicted molar refractivity (Wildman–Crippen MR) is 128 cm³/mol. The van der Waals surface area contributed by atoms with Gasteiger partial charge in [-0.2, -0.15) is 0 Å². The first kappa shape index (κ1) is 23.9. The number of benzene rings is 3. The van der Waals surface area contributed by atoms with Crippen LogP contribution in [0.25, 0.3) is 11.1 Å². The van der Waals surface area contributed by atoms with Crippen molar-refractivity contribution in [2.24, 2.45) is 0 Å². The molecule has 172 valence electrons. The highest BCUT2D eigenvalue weighted by Gasteiger charge is 2.13. The minimum atomic E-state index is -1.02. The maximum absolute atomic E-state index is 10.8. The van der Waals surface area contributed by atoms with Crippen LogP contribution in [0.2, 0.25) is 0 Å². The lowest BCUT2D eigenvalue weighted by atomic mass is 9.90. The Morgan fingerprint density at radius 3 is 2.30 bits per heavy atom. The summed E-state index contributed by atoms with van der Waals surface area (Å²) in [5.74, 6) is 1.50. The maximum atomic E-state index is 10.8. The van der Waals surface area contributed by atoms with E-state index in [4.69, 9.17) is 14.6 Å². The van der Waals surface area contributed by atoms with Crippen molar-refractivity contribution in [2.45, 2.75) is 33.8 Å². The van der Waals surface area contributed by atoms with Crippen LogP contribution in [0.4, 0.5) is 4.79 Å². The number of carbonyl (C=O) groups is 2. The van der Waals surface area contributed by atoms with Gasteiger partial charge in [-0.1, -0.05) is 18.2 Å². The summed E-state index contributed by atoms with van der Waals surface area (Å²) in [6, 6.07) is 17.3. The highest BCUT2D eigenvalue weighted by atomic mass is 16.5. The first-order valence-electron chi connectivity index (χ1n) is 10.9. The fourth-order valence-electron chi connectivity index (χ4n) is 3.80. The summed E-state index contributed by atoms with van der Waals surface area (Å²) in [7, 11) is 0. The highest BCUT2D eigenvalue weighted by molar-refractivity contribution is 5.76. The van der Waals surface area contributed by atoms with E-state index in [9.17, 15) is 9.59 Å². The standard InChI is InChI=1S/C27H29NO5/c1-18-14-24(32-13-5-12-28-27(30)31)15-19(2)26(18)25-7-4-6-22(20(25)3)17-33-23-10-8-21(16-29)9-11-23/h4,6-11,14-16,28H,5,12-13,17H2,1-3H3,(H,30,31). The minimum Gasteiger partial charge on any atom is -0.494 e. The first-order valence-corrected chi connectivity index (χ1v) is 10.9. The monoisotopic (exact) mass is 447 g/mol. The van der Waals surface area contributed by atoms with E-state index in [0.717, 1.165) is 45.6 Å². The van der Waals surface area contributed by atoms with Crippen LogP contribution in [0.1, 0.15) is 39.0 Å². The van der Waals surface area contributed by atoms with Gasteiger partial charge in [0.1, 0.15) is 24.4 Å². The molecule has 0 bridgehead atoms. The second-order valence-corrected chi connectivity index (χ2v) is 7.93. The molecule has 33 heavy (non-hydrogen) atoms. The van der Waals surface area contributed by atoms with Crippen molar-refractivity contribution in [3.05, 3.63) is 82.4 Å². The smallest absolute Gasteiger partial charge is 0.404 e. The average Bonchev–Trinajstić information content (AvgIpc) is 2.79. The highest BCUT2D eigenvalue weighted by Crippen LogP contribution is 2.34. The molecule has 0 saturated heterocycles. The molecule has 3 aromatic carbocycles. The van der Waals surface area contributed by atoms with E-state index in [1.54, 1.807) is 24.3 Å². The Bertz CT molecular complexity index is 1100. The van der Waals surface area contributed by atoms with Crippen molar-refractivity contribution < 1.29 is 24.2 Å². The molecule has 2 N–H and O–H groups in total. The van der Waals surface area contributed by atoms with Gasteiger partial charge >= 0.3 is 6.09 Å². The molecular weight excluding hydrogens is 418 g/mol. The lowest BCUT2D eigenvalue weighted by molar-refractivity contribution is 0.112. The van der Waals surface area contributed by atoms with Gasteiger partial charge in [0.2, 0.25) is 0 Å². The summed E-state index contributed by atoms with van der Waals surface area (Å²) in [5.41, 5.74) is 7.41. The van der Waals surface area contributed by atoms with Crippen molar-refractivity contribution in [3.63, 3.8) is 0 Å². The van der Waals surface area contributed by atoms with Gasteiger partial charge in [0.25, 0.3) is 0 Å². The maximum Gasteiger partial charge on any atom is 0.404 e. The summed E-state index contributed by atoms with van der Waals surface area (Å²) in [6.45, 7) is 7.47. The zero-order valence-electron chi connectivity index (χ0n) is 19.2. The lowest BCUT2D eigenvalue weighted by Crippen LogP contribution is -2.23. The van der Waals surface area contributed by atoms with Crippen LogP contribution >= 0.6 is 0 Å². The third-order valence-electron chi connectivity index (χ3n) is 5.50. The molecule has 6 heteroatoms. The van der Waals surface area contributed by atoms with Crippen LogP contribution in [-0.4, -0.2) is 30.6 Å². The Balaban J connectivity index is 1.73. The predicted octanol–water partition coefficient (Wildman–Crippen LogP) is 5.71. The summed E-state index contributed by atoms with van der Waals surface area (Å²) < 4.78 is 11.8. The van der Waals surface area contributed by atoms with Gasteiger partial charge in [0.05, 0.1) is 6.61 Å². The molecule has 0 aromatic heterocycles. The number of aldehydes is 1. The topological polar surface area (TPSA) is 84.9 Å². The number of carboxylic acid groups (broad SMARTS) is 1. The molecule has 0 unspecified atom stereocenters. The first-order chi connectivity index (χ1) is 15.9. The molecule has 0 aliphatic rings. The van der Waals surface area contributed by atoms with Gasteiger partial charge in [-0.15, -0.1) is 0 Å². The summed E-state index contributed by atoms with van der Waals surface area (Å²) >= 11 is 0. The molecular formula is C27H29NO5. The van der Waals surface area contributed by atoms with Crippen molar-refractivity contribution in [2.75, 3.05) is 13.2 Å². The molecule has 0 radical (unpaired) electrons. The van der Waals surface area contributed by atoms with Gasteiger partial charge < -0.3 is 19.9 Å². The van der Waals surface area contributed by atoms with Crippen LogP contribution in [0.5, 0.6) is 11.5 Å². The number of hydrogen-bond acceptors (Lipinski definition) is 4. The van der Waals surface area contributed by atoms with E-state index in [1.165, 1.54) is 5.56 Å². The number of ether oxygens (including phenoxy) is 2. The van der Waals surface area contributed by atoms with Gasteiger partial charge in [-0.05, 0) is 97.0 Å². The summed E-state index contributed by atoms with van der Waals surface area (Å²) in [4.78, 5) is 21.3. The molecule has 0 aliphatic carbocycles. The molecule has 3 rings (SSSR count). The van der Waals surface area contributed by atoms with Crippen LogP contribution in [0.15, 0.2) is 54.6 Å². The fourth-order valence-corrected chi connectivity index (χ4v) is 3.80. The van der Waals surface area contributed by atoms with Gasteiger partial charge in [-0.25, -0.2) is 4.79 Å². The SMILES string of the molecule is Cc1cc(OCCCNC(=O)O)cc(C)c1-c1cccc(COc2ccc(C=O)cc2)c1C. The van der Waals surface area contributed by atoms with E-state index in [-0.39, 0.29) is 0 Å². The molecule has 0 atom stereocenters. The number of aryl methyl sites for hydroxylation is 2. The van der Waals surface area contributed by atoms with Gasteiger partial charge in [0, 0.05) is 12.1 Å². The Morgan fingerprint density at radius 2 is 1.67 bits per heavy atom. The van der Waals surface area contributed by atoms with E-state index in [2.05, 4.69) is 38.2 Å². The zero-order valence-corrected chi connectivity index (χ0v) is 19.2. The zero-order chi connectivity index (χ0) is 23.8.